The van der Waals surface area contributed by atoms with E-state index in [1.807, 2.05) is 12.3 Å². The molecule has 164 valence electrons. The summed E-state index contributed by atoms with van der Waals surface area (Å²) in [6.07, 6.45) is 3.77. The standard InChI is InChI=1S/C24H37N5O/c1-4-25-24(26-17-11-13-19-29-18-12-10-16-23(29)30)27-20-22(28(5-2)6-3)21-14-8-7-9-15-21/h7-10,12,14-16,18,22H,4-6,11,13,17,19-20H2,1-3H3,(H2,25,26,27). The van der Waals surface area contributed by atoms with Crippen molar-refractivity contribution >= 4 is 5.96 Å². The first kappa shape index (κ1) is 23.7. The van der Waals surface area contributed by atoms with E-state index in [1.165, 1.54) is 5.56 Å². The zero-order chi connectivity index (χ0) is 21.6. The summed E-state index contributed by atoms with van der Waals surface area (Å²) in [6, 6.07) is 16.2. The number of nitrogens with zero attached hydrogens (tertiary/aromatic N) is 3. The first-order valence-corrected chi connectivity index (χ1v) is 11.2. The van der Waals surface area contributed by atoms with Gasteiger partial charge in [0.05, 0.1) is 12.6 Å². The van der Waals surface area contributed by atoms with Crippen LogP contribution in [0.5, 0.6) is 0 Å². The zero-order valence-electron chi connectivity index (χ0n) is 18.7. The Hall–Kier alpha value is -2.60. The van der Waals surface area contributed by atoms with Crippen molar-refractivity contribution in [3.63, 3.8) is 0 Å². The second kappa shape index (κ2) is 13.6. The Morgan fingerprint density at radius 1 is 1.00 bits per heavy atom. The average molecular weight is 412 g/mol. The zero-order valence-corrected chi connectivity index (χ0v) is 18.7. The normalized spacial score (nSPS) is 12.7. The third-order valence-electron chi connectivity index (χ3n) is 5.22. The number of unbranched alkanes of at least 4 members (excludes halogenated alkanes) is 1. The van der Waals surface area contributed by atoms with Crippen molar-refractivity contribution in [1.29, 1.82) is 0 Å². The maximum absolute atomic E-state index is 11.8. The molecule has 6 nitrogen and oxygen atoms in total. The van der Waals surface area contributed by atoms with Crippen molar-refractivity contribution in [2.45, 2.75) is 46.2 Å². The van der Waals surface area contributed by atoms with E-state index in [0.29, 0.717) is 6.54 Å². The first-order chi connectivity index (χ1) is 14.7. The van der Waals surface area contributed by atoms with Gasteiger partial charge in [-0.1, -0.05) is 50.2 Å². The molecule has 1 aromatic carbocycles. The van der Waals surface area contributed by atoms with Gasteiger partial charge in [-0.2, -0.15) is 0 Å². The second-order valence-electron chi connectivity index (χ2n) is 7.23. The van der Waals surface area contributed by atoms with Crippen LogP contribution in [0.4, 0.5) is 0 Å². The lowest BCUT2D eigenvalue weighted by molar-refractivity contribution is 0.224. The average Bonchev–Trinajstić information content (AvgIpc) is 2.78. The van der Waals surface area contributed by atoms with Crippen molar-refractivity contribution < 1.29 is 0 Å². The summed E-state index contributed by atoms with van der Waals surface area (Å²) in [4.78, 5) is 19.1. The molecular weight excluding hydrogens is 374 g/mol. The molecule has 1 unspecified atom stereocenters. The monoisotopic (exact) mass is 411 g/mol. The highest BCUT2D eigenvalue weighted by Gasteiger charge is 2.17. The Morgan fingerprint density at radius 2 is 1.73 bits per heavy atom. The second-order valence-corrected chi connectivity index (χ2v) is 7.23. The SMILES string of the molecule is CCNC(=NCC(c1ccccc1)N(CC)CC)NCCCCn1ccccc1=O. The molecule has 30 heavy (non-hydrogen) atoms. The molecule has 1 heterocycles. The quantitative estimate of drug-likeness (QED) is 0.320. The van der Waals surface area contributed by atoms with Gasteiger partial charge >= 0.3 is 0 Å². The van der Waals surface area contributed by atoms with Gasteiger partial charge in [0.1, 0.15) is 0 Å². The van der Waals surface area contributed by atoms with Crippen LogP contribution in [-0.2, 0) is 6.54 Å². The Balaban J connectivity index is 1.91. The summed E-state index contributed by atoms with van der Waals surface area (Å²) in [5.74, 6) is 0.850. The lowest BCUT2D eigenvalue weighted by Gasteiger charge is -2.29. The third-order valence-corrected chi connectivity index (χ3v) is 5.22. The van der Waals surface area contributed by atoms with Gasteiger partial charge in [0.2, 0.25) is 5.56 Å². The Morgan fingerprint density at radius 3 is 2.40 bits per heavy atom. The van der Waals surface area contributed by atoms with E-state index in [1.54, 1.807) is 16.7 Å². The van der Waals surface area contributed by atoms with Gasteiger partial charge in [0.15, 0.2) is 5.96 Å². The lowest BCUT2D eigenvalue weighted by Crippen LogP contribution is -2.39. The van der Waals surface area contributed by atoms with Crippen molar-refractivity contribution in [1.82, 2.24) is 20.1 Å². The fourth-order valence-electron chi connectivity index (χ4n) is 3.55. The summed E-state index contributed by atoms with van der Waals surface area (Å²) >= 11 is 0. The van der Waals surface area contributed by atoms with Gasteiger partial charge < -0.3 is 15.2 Å². The van der Waals surface area contributed by atoms with Crippen molar-refractivity contribution in [2.75, 3.05) is 32.7 Å². The van der Waals surface area contributed by atoms with Gasteiger partial charge in [-0.25, -0.2) is 0 Å². The van der Waals surface area contributed by atoms with Crippen LogP contribution in [0.25, 0.3) is 0 Å². The van der Waals surface area contributed by atoms with Crippen LogP contribution in [0.2, 0.25) is 0 Å². The van der Waals surface area contributed by atoms with Gasteiger partial charge in [-0.15, -0.1) is 0 Å². The highest BCUT2D eigenvalue weighted by Crippen LogP contribution is 2.20. The maximum atomic E-state index is 11.8. The third kappa shape index (κ3) is 7.67. The molecule has 2 aromatic rings. The van der Waals surface area contributed by atoms with Gasteiger partial charge in [-0.05, 0) is 44.5 Å². The Labute approximate surface area is 181 Å². The molecule has 0 saturated heterocycles. The molecule has 0 aliphatic rings. The molecule has 0 amide bonds. The van der Waals surface area contributed by atoms with E-state index in [-0.39, 0.29) is 11.6 Å². The van der Waals surface area contributed by atoms with Crippen LogP contribution in [-0.4, -0.2) is 48.2 Å². The first-order valence-electron chi connectivity index (χ1n) is 11.2. The fourth-order valence-corrected chi connectivity index (χ4v) is 3.55. The molecule has 6 heteroatoms. The number of guanidine groups is 1. The molecule has 2 N–H and O–H groups in total. The van der Waals surface area contributed by atoms with Crippen LogP contribution in [0, 0.1) is 0 Å². The fraction of sp³-hybridized carbons (Fsp3) is 0.500. The molecule has 0 aliphatic carbocycles. The number of aryl methyl sites for hydroxylation is 1. The van der Waals surface area contributed by atoms with Crippen molar-refractivity contribution in [3.8, 4) is 0 Å². The number of aromatic nitrogens is 1. The van der Waals surface area contributed by atoms with Crippen LogP contribution < -0.4 is 16.2 Å². The Bertz CT molecular complexity index is 798. The van der Waals surface area contributed by atoms with Crippen LogP contribution in [0.3, 0.4) is 0 Å². The van der Waals surface area contributed by atoms with Crippen molar-refractivity contribution in [2.24, 2.45) is 4.99 Å². The molecule has 1 atom stereocenters. The molecular formula is C24H37N5O. The summed E-state index contributed by atoms with van der Waals surface area (Å²) in [5, 5.41) is 6.78. The van der Waals surface area contributed by atoms with Crippen LogP contribution >= 0.6 is 0 Å². The predicted molar refractivity (Wildman–Crippen MR) is 126 cm³/mol. The number of benzene rings is 1. The molecule has 0 fully saturated rings. The van der Waals surface area contributed by atoms with E-state index in [9.17, 15) is 4.79 Å². The molecule has 0 bridgehead atoms. The lowest BCUT2D eigenvalue weighted by atomic mass is 10.1. The van der Waals surface area contributed by atoms with Gasteiger partial charge in [0.25, 0.3) is 0 Å². The van der Waals surface area contributed by atoms with Crippen LogP contribution in [0.15, 0.2) is 64.5 Å². The smallest absolute Gasteiger partial charge is 0.250 e. The molecule has 1 aromatic heterocycles. The number of nitrogens with one attached hydrogen (secondary N) is 2. The minimum absolute atomic E-state index is 0.0590. The largest absolute Gasteiger partial charge is 0.357 e. The van der Waals surface area contributed by atoms with E-state index < -0.39 is 0 Å². The molecule has 0 spiro atoms. The molecule has 0 aliphatic heterocycles. The summed E-state index contributed by atoms with van der Waals surface area (Å²) < 4.78 is 1.76. The molecule has 0 saturated carbocycles. The minimum atomic E-state index is 0.0590. The number of rotatable bonds is 12. The number of pyridine rings is 1. The van der Waals surface area contributed by atoms with E-state index in [4.69, 9.17) is 4.99 Å². The Kier molecular flexibility index (Phi) is 10.7. The predicted octanol–water partition coefficient (Wildman–Crippen LogP) is 3.27. The highest BCUT2D eigenvalue weighted by atomic mass is 16.1. The van der Waals surface area contributed by atoms with Gasteiger partial charge in [0, 0.05) is 31.9 Å². The number of hydrogen-bond acceptors (Lipinski definition) is 3. The number of hydrogen-bond donors (Lipinski definition) is 2. The van der Waals surface area contributed by atoms with E-state index in [2.05, 4.69) is 66.6 Å². The number of likely N-dealkylation sites (N-methyl/N-ethyl adjacent to an activating group) is 1. The molecule has 0 radical (unpaired) electrons. The van der Waals surface area contributed by atoms with E-state index >= 15 is 0 Å². The highest BCUT2D eigenvalue weighted by molar-refractivity contribution is 5.79. The van der Waals surface area contributed by atoms with Crippen molar-refractivity contribution in [3.05, 3.63) is 70.6 Å². The van der Waals surface area contributed by atoms with Crippen LogP contribution in [0.1, 0.15) is 45.2 Å². The summed E-state index contributed by atoms with van der Waals surface area (Å²) in [5.41, 5.74) is 1.36. The van der Waals surface area contributed by atoms with E-state index in [0.717, 1.165) is 51.5 Å². The summed E-state index contributed by atoms with van der Waals surface area (Å²) in [7, 11) is 0. The summed E-state index contributed by atoms with van der Waals surface area (Å²) in [6.45, 7) is 11.6. The number of aliphatic imine (C=N–C) groups is 1. The van der Waals surface area contributed by atoms with Gasteiger partial charge in [-0.3, -0.25) is 14.7 Å². The maximum Gasteiger partial charge on any atom is 0.250 e. The topological polar surface area (TPSA) is 61.7 Å². The molecule has 2 rings (SSSR count). The minimum Gasteiger partial charge on any atom is -0.357 e.